The summed E-state index contributed by atoms with van der Waals surface area (Å²) in [6.45, 7) is 7.11. The van der Waals surface area contributed by atoms with E-state index in [1.165, 1.54) is 83.5 Å². The van der Waals surface area contributed by atoms with Crippen molar-refractivity contribution in [2.75, 3.05) is 0 Å². The number of hydrogen-bond acceptors (Lipinski definition) is 2. The SMILES string of the molecule is CCCCCC1CCC([C@H]2CC[C@H](C(=O)O[C@H]3CC[C@H](CCC)CC3)CC2)C(C)C1. The summed E-state index contributed by atoms with van der Waals surface area (Å²) >= 11 is 0. The Kier molecular flexibility index (Phi) is 10.0. The van der Waals surface area contributed by atoms with E-state index in [4.69, 9.17) is 4.74 Å². The Hall–Kier alpha value is -0.530. The Morgan fingerprint density at radius 1 is 0.767 bits per heavy atom. The van der Waals surface area contributed by atoms with Gasteiger partial charge in [0.05, 0.1) is 5.92 Å². The van der Waals surface area contributed by atoms with Gasteiger partial charge in [-0.25, -0.2) is 0 Å². The molecule has 3 aliphatic rings. The summed E-state index contributed by atoms with van der Waals surface area (Å²) in [6, 6.07) is 0. The third kappa shape index (κ3) is 6.99. The van der Waals surface area contributed by atoms with E-state index in [-0.39, 0.29) is 18.0 Å². The average Bonchev–Trinajstić information content (AvgIpc) is 2.76. The van der Waals surface area contributed by atoms with E-state index in [0.29, 0.717) is 0 Å². The summed E-state index contributed by atoms with van der Waals surface area (Å²) in [5.74, 6) is 4.86. The van der Waals surface area contributed by atoms with Crippen molar-refractivity contribution in [2.24, 2.45) is 35.5 Å². The maximum absolute atomic E-state index is 12.8. The van der Waals surface area contributed by atoms with Gasteiger partial charge in [0.15, 0.2) is 0 Å². The highest BCUT2D eigenvalue weighted by Gasteiger charge is 2.37. The first-order valence-corrected chi connectivity index (χ1v) is 13.8. The predicted octanol–water partition coefficient (Wildman–Crippen LogP) is 8.33. The molecular formula is C28H50O2. The first-order valence-electron chi connectivity index (χ1n) is 13.8. The molecule has 2 heteroatoms. The van der Waals surface area contributed by atoms with E-state index in [9.17, 15) is 4.79 Å². The lowest BCUT2D eigenvalue weighted by atomic mass is 9.64. The molecule has 3 aliphatic carbocycles. The molecule has 0 aromatic carbocycles. The summed E-state index contributed by atoms with van der Waals surface area (Å²) in [7, 11) is 0. The highest BCUT2D eigenvalue weighted by molar-refractivity contribution is 5.72. The smallest absolute Gasteiger partial charge is 0.309 e. The van der Waals surface area contributed by atoms with Gasteiger partial charge in [0.2, 0.25) is 0 Å². The van der Waals surface area contributed by atoms with Crippen molar-refractivity contribution in [3.63, 3.8) is 0 Å². The Bertz CT molecular complexity index is 485. The van der Waals surface area contributed by atoms with Crippen LogP contribution in [0.25, 0.3) is 0 Å². The van der Waals surface area contributed by atoms with Crippen LogP contribution < -0.4 is 0 Å². The molecule has 0 bridgehead atoms. The van der Waals surface area contributed by atoms with E-state index >= 15 is 0 Å². The summed E-state index contributed by atoms with van der Waals surface area (Å²) in [4.78, 5) is 12.8. The van der Waals surface area contributed by atoms with Crippen LogP contribution in [0, 0.1) is 35.5 Å². The van der Waals surface area contributed by atoms with Crippen molar-refractivity contribution in [2.45, 2.75) is 136 Å². The van der Waals surface area contributed by atoms with Crippen molar-refractivity contribution in [1.82, 2.24) is 0 Å². The lowest BCUT2D eigenvalue weighted by Crippen LogP contribution is -2.34. The molecule has 174 valence electrons. The second kappa shape index (κ2) is 12.5. The Labute approximate surface area is 187 Å². The second-order valence-electron chi connectivity index (χ2n) is 11.3. The fourth-order valence-corrected chi connectivity index (χ4v) is 7.17. The maximum atomic E-state index is 12.8. The first kappa shape index (κ1) is 24.1. The van der Waals surface area contributed by atoms with E-state index in [0.717, 1.165) is 55.3 Å². The average molecular weight is 419 g/mol. The van der Waals surface area contributed by atoms with Gasteiger partial charge < -0.3 is 4.74 Å². The van der Waals surface area contributed by atoms with Crippen molar-refractivity contribution < 1.29 is 9.53 Å². The van der Waals surface area contributed by atoms with Crippen molar-refractivity contribution >= 4 is 5.97 Å². The zero-order chi connectivity index (χ0) is 21.3. The highest BCUT2D eigenvalue weighted by atomic mass is 16.5. The van der Waals surface area contributed by atoms with Gasteiger partial charge in [0.25, 0.3) is 0 Å². The highest BCUT2D eigenvalue weighted by Crippen LogP contribution is 2.45. The molecule has 0 saturated heterocycles. The second-order valence-corrected chi connectivity index (χ2v) is 11.3. The number of hydrogen-bond donors (Lipinski definition) is 0. The van der Waals surface area contributed by atoms with Crippen LogP contribution in [0.5, 0.6) is 0 Å². The molecule has 0 radical (unpaired) electrons. The van der Waals surface area contributed by atoms with Crippen LogP contribution in [-0.4, -0.2) is 12.1 Å². The van der Waals surface area contributed by atoms with Crippen LogP contribution in [0.2, 0.25) is 0 Å². The number of carbonyl (C=O) groups excluding carboxylic acids is 1. The number of carbonyl (C=O) groups is 1. The summed E-state index contributed by atoms with van der Waals surface area (Å²) in [5.41, 5.74) is 0. The fourth-order valence-electron chi connectivity index (χ4n) is 7.17. The lowest BCUT2D eigenvalue weighted by molar-refractivity contribution is -0.157. The first-order chi connectivity index (χ1) is 14.6. The van der Waals surface area contributed by atoms with Gasteiger partial charge in [-0.1, -0.05) is 65.7 Å². The van der Waals surface area contributed by atoms with Crippen LogP contribution in [0.4, 0.5) is 0 Å². The zero-order valence-corrected chi connectivity index (χ0v) is 20.4. The van der Waals surface area contributed by atoms with Crippen molar-refractivity contribution in [3.8, 4) is 0 Å². The van der Waals surface area contributed by atoms with Gasteiger partial charge in [-0.15, -0.1) is 0 Å². The molecule has 3 unspecified atom stereocenters. The molecule has 0 spiro atoms. The molecule has 0 amide bonds. The minimum atomic E-state index is 0.139. The molecule has 0 aliphatic heterocycles. The molecular weight excluding hydrogens is 368 g/mol. The van der Waals surface area contributed by atoms with Gasteiger partial charge in [0.1, 0.15) is 6.10 Å². The zero-order valence-electron chi connectivity index (χ0n) is 20.4. The maximum Gasteiger partial charge on any atom is 0.309 e. The molecule has 0 aromatic heterocycles. The summed E-state index contributed by atoms with van der Waals surface area (Å²) in [5, 5.41) is 0. The lowest BCUT2D eigenvalue weighted by Gasteiger charge is -2.41. The van der Waals surface area contributed by atoms with E-state index in [1.807, 2.05) is 0 Å². The molecule has 3 atom stereocenters. The van der Waals surface area contributed by atoms with Gasteiger partial charge >= 0.3 is 5.97 Å². The minimum Gasteiger partial charge on any atom is -0.462 e. The molecule has 0 heterocycles. The molecule has 30 heavy (non-hydrogen) atoms. The predicted molar refractivity (Wildman–Crippen MR) is 126 cm³/mol. The third-order valence-electron chi connectivity index (χ3n) is 9.04. The Balaban J connectivity index is 1.35. The summed E-state index contributed by atoms with van der Waals surface area (Å²) in [6.07, 6.45) is 22.3. The van der Waals surface area contributed by atoms with Gasteiger partial charge in [0, 0.05) is 0 Å². The fraction of sp³-hybridized carbons (Fsp3) is 0.964. The standard InChI is InChI=1S/C28H50O2/c1-4-6-7-9-23-12-19-27(21(3)20-23)24-13-15-25(16-14-24)28(29)30-26-17-10-22(8-5-2)11-18-26/h21-27H,4-20H2,1-3H3/t21?,22-,23?,24-,25-,26-,27?. The molecule has 3 rings (SSSR count). The van der Waals surface area contributed by atoms with Crippen LogP contribution in [0.3, 0.4) is 0 Å². The van der Waals surface area contributed by atoms with E-state index < -0.39 is 0 Å². The van der Waals surface area contributed by atoms with Gasteiger partial charge in [-0.05, 0) is 93.8 Å². The molecule has 0 aromatic rings. The quantitative estimate of drug-likeness (QED) is 0.278. The normalized spacial score (nSPS) is 37.6. The monoisotopic (exact) mass is 418 g/mol. The Morgan fingerprint density at radius 2 is 1.47 bits per heavy atom. The number of ether oxygens (including phenoxy) is 1. The third-order valence-corrected chi connectivity index (χ3v) is 9.04. The van der Waals surface area contributed by atoms with E-state index in [1.54, 1.807) is 0 Å². The largest absolute Gasteiger partial charge is 0.462 e. The van der Waals surface area contributed by atoms with Crippen LogP contribution in [0.15, 0.2) is 0 Å². The van der Waals surface area contributed by atoms with Crippen molar-refractivity contribution in [1.29, 1.82) is 0 Å². The van der Waals surface area contributed by atoms with Gasteiger partial charge in [-0.2, -0.15) is 0 Å². The molecule has 3 saturated carbocycles. The Morgan fingerprint density at radius 3 is 2.10 bits per heavy atom. The summed E-state index contributed by atoms with van der Waals surface area (Å²) < 4.78 is 5.98. The number of esters is 1. The van der Waals surface area contributed by atoms with Gasteiger partial charge in [-0.3, -0.25) is 4.79 Å². The number of rotatable bonds is 9. The molecule has 0 N–H and O–H groups in total. The van der Waals surface area contributed by atoms with Crippen molar-refractivity contribution in [3.05, 3.63) is 0 Å². The number of unbranched alkanes of at least 4 members (excludes halogenated alkanes) is 2. The molecule has 2 nitrogen and oxygen atoms in total. The van der Waals surface area contributed by atoms with E-state index in [2.05, 4.69) is 20.8 Å². The van der Waals surface area contributed by atoms with Crippen LogP contribution in [0.1, 0.15) is 130 Å². The van der Waals surface area contributed by atoms with Crippen LogP contribution in [-0.2, 0) is 9.53 Å². The topological polar surface area (TPSA) is 26.3 Å². The van der Waals surface area contributed by atoms with Crippen LogP contribution >= 0.6 is 0 Å². The minimum absolute atomic E-state index is 0.139. The molecule has 3 fully saturated rings.